The van der Waals surface area contributed by atoms with Crippen molar-refractivity contribution in [3.8, 4) is 0 Å². The van der Waals surface area contributed by atoms with Crippen LogP contribution in [0.15, 0.2) is 24.3 Å². The maximum absolute atomic E-state index is 4.81. The zero-order valence-corrected chi connectivity index (χ0v) is 15.7. The molecular formula is C20H34N4. The number of para-hydroxylation sites is 2. The summed E-state index contributed by atoms with van der Waals surface area (Å²) in [6.07, 6.45) is 6.27. The fourth-order valence-corrected chi connectivity index (χ4v) is 3.18. The van der Waals surface area contributed by atoms with Gasteiger partial charge in [0, 0.05) is 13.1 Å². The minimum absolute atomic E-state index is 0.981. The molecule has 1 heterocycles. The highest BCUT2D eigenvalue weighted by Crippen LogP contribution is 2.20. The van der Waals surface area contributed by atoms with Gasteiger partial charge in [0.05, 0.1) is 11.0 Å². The van der Waals surface area contributed by atoms with Crippen LogP contribution in [-0.4, -0.2) is 40.6 Å². The minimum Gasteiger partial charge on any atom is -0.356 e. The van der Waals surface area contributed by atoms with Gasteiger partial charge in [-0.25, -0.2) is 4.98 Å². The van der Waals surface area contributed by atoms with Crippen LogP contribution in [-0.2, 0) is 6.54 Å². The average molecular weight is 331 g/mol. The molecular weight excluding hydrogens is 296 g/mol. The maximum atomic E-state index is 4.81. The third-order valence-corrected chi connectivity index (χ3v) is 4.72. The summed E-state index contributed by atoms with van der Waals surface area (Å²) in [7, 11) is 0. The lowest BCUT2D eigenvalue weighted by Crippen LogP contribution is -2.25. The lowest BCUT2D eigenvalue weighted by Gasteiger charge is -2.18. The van der Waals surface area contributed by atoms with Gasteiger partial charge in [-0.15, -0.1) is 0 Å². The Labute approximate surface area is 147 Å². The number of unbranched alkanes of at least 4 members (excludes halogenated alkanes) is 3. The number of benzene rings is 1. The van der Waals surface area contributed by atoms with Crippen molar-refractivity contribution >= 4 is 17.0 Å². The fraction of sp³-hybridized carbons (Fsp3) is 0.650. The summed E-state index contributed by atoms with van der Waals surface area (Å²) in [4.78, 5) is 7.27. The molecule has 1 N–H and O–H groups in total. The first kappa shape index (κ1) is 18.8. The first-order chi connectivity index (χ1) is 11.8. The van der Waals surface area contributed by atoms with E-state index in [2.05, 4.69) is 59.8 Å². The van der Waals surface area contributed by atoms with Crippen LogP contribution in [0.5, 0.6) is 0 Å². The number of imidazole rings is 1. The van der Waals surface area contributed by atoms with Gasteiger partial charge in [-0.05, 0) is 44.6 Å². The molecule has 0 radical (unpaired) electrons. The normalized spacial score (nSPS) is 11.5. The molecule has 0 unspecified atom stereocenters. The first-order valence-electron chi connectivity index (χ1n) is 9.71. The quantitative estimate of drug-likeness (QED) is 0.570. The Morgan fingerprint density at radius 1 is 1.00 bits per heavy atom. The van der Waals surface area contributed by atoms with Gasteiger partial charge in [0.1, 0.15) is 0 Å². The monoisotopic (exact) mass is 330 g/mol. The smallest absolute Gasteiger partial charge is 0.203 e. The second kappa shape index (κ2) is 10.3. The first-order valence-corrected chi connectivity index (χ1v) is 9.71. The lowest BCUT2D eigenvalue weighted by atomic mass is 10.2. The number of nitrogens with zero attached hydrogens (tertiary/aromatic N) is 3. The number of hydrogen-bond donors (Lipinski definition) is 1. The molecule has 0 aliphatic carbocycles. The molecule has 4 nitrogen and oxygen atoms in total. The molecule has 0 bridgehead atoms. The van der Waals surface area contributed by atoms with Gasteiger partial charge in [-0.2, -0.15) is 0 Å². The Balaban J connectivity index is 1.97. The van der Waals surface area contributed by atoms with Crippen LogP contribution in [0, 0.1) is 0 Å². The van der Waals surface area contributed by atoms with Crippen molar-refractivity contribution in [2.24, 2.45) is 0 Å². The fourth-order valence-electron chi connectivity index (χ4n) is 3.18. The van der Waals surface area contributed by atoms with E-state index in [0.29, 0.717) is 0 Å². The van der Waals surface area contributed by atoms with Crippen molar-refractivity contribution in [1.82, 2.24) is 14.5 Å². The van der Waals surface area contributed by atoms with Gasteiger partial charge in [0.15, 0.2) is 0 Å². The second-order valence-electron chi connectivity index (χ2n) is 6.44. The number of aryl methyl sites for hydroxylation is 1. The molecule has 1 aromatic carbocycles. The zero-order chi connectivity index (χ0) is 17.2. The number of anilines is 1. The van der Waals surface area contributed by atoms with Crippen LogP contribution in [0.2, 0.25) is 0 Å². The van der Waals surface area contributed by atoms with Gasteiger partial charge in [0.25, 0.3) is 0 Å². The Hall–Kier alpha value is -1.55. The van der Waals surface area contributed by atoms with Crippen molar-refractivity contribution in [3.05, 3.63) is 24.3 Å². The molecule has 0 atom stereocenters. The minimum atomic E-state index is 0.981. The van der Waals surface area contributed by atoms with E-state index in [-0.39, 0.29) is 0 Å². The van der Waals surface area contributed by atoms with Crippen molar-refractivity contribution in [1.29, 1.82) is 0 Å². The van der Waals surface area contributed by atoms with E-state index < -0.39 is 0 Å². The Morgan fingerprint density at radius 2 is 1.79 bits per heavy atom. The van der Waals surface area contributed by atoms with Crippen LogP contribution in [0.25, 0.3) is 11.0 Å². The van der Waals surface area contributed by atoms with E-state index in [1.165, 1.54) is 31.2 Å². The number of fused-ring (bicyclic) bond motifs is 1. The largest absolute Gasteiger partial charge is 0.356 e. The standard InChI is InChI=1S/C20H34N4/c1-4-7-8-11-17-24-19-14-10-9-13-18(19)22-20(24)21-15-12-16-23(5-2)6-3/h9-10,13-14H,4-8,11-12,15-17H2,1-3H3,(H,21,22). The van der Waals surface area contributed by atoms with Gasteiger partial charge < -0.3 is 14.8 Å². The van der Waals surface area contributed by atoms with Crippen LogP contribution in [0.3, 0.4) is 0 Å². The highest BCUT2D eigenvalue weighted by molar-refractivity contribution is 5.78. The predicted octanol–water partition coefficient (Wildman–Crippen LogP) is 4.76. The van der Waals surface area contributed by atoms with E-state index >= 15 is 0 Å². The molecule has 24 heavy (non-hydrogen) atoms. The Kier molecular flexibility index (Phi) is 8.10. The van der Waals surface area contributed by atoms with Gasteiger partial charge in [-0.3, -0.25) is 0 Å². The topological polar surface area (TPSA) is 33.1 Å². The summed E-state index contributed by atoms with van der Waals surface area (Å²) in [5.41, 5.74) is 2.35. The molecule has 2 rings (SSSR count). The highest BCUT2D eigenvalue weighted by Gasteiger charge is 2.09. The zero-order valence-electron chi connectivity index (χ0n) is 15.7. The van der Waals surface area contributed by atoms with E-state index in [1.807, 2.05) is 0 Å². The molecule has 0 fully saturated rings. The van der Waals surface area contributed by atoms with E-state index in [0.717, 1.165) is 50.6 Å². The van der Waals surface area contributed by atoms with Crippen LogP contribution >= 0.6 is 0 Å². The average Bonchev–Trinajstić information content (AvgIpc) is 2.96. The summed E-state index contributed by atoms with van der Waals surface area (Å²) in [5, 5.41) is 3.57. The van der Waals surface area contributed by atoms with Crippen molar-refractivity contribution in [3.63, 3.8) is 0 Å². The molecule has 0 aliphatic heterocycles. The number of aromatic nitrogens is 2. The molecule has 0 saturated heterocycles. The maximum Gasteiger partial charge on any atom is 0.203 e. The third kappa shape index (κ3) is 5.23. The van der Waals surface area contributed by atoms with E-state index in [9.17, 15) is 0 Å². The van der Waals surface area contributed by atoms with Gasteiger partial charge in [-0.1, -0.05) is 52.2 Å². The molecule has 134 valence electrons. The van der Waals surface area contributed by atoms with Crippen molar-refractivity contribution in [2.45, 2.75) is 59.4 Å². The third-order valence-electron chi connectivity index (χ3n) is 4.72. The van der Waals surface area contributed by atoms with E-state index in [4.69, 9.17) is 4.98 Å². The number of hydrogen-bond acceptors (Lipinski definition) is 3. The van der Waals surface area contributed by atoms with E-state index in [1.54, 1.807) is 0 Å². The van der Waals surface area contributed by atoms with Crippen LogP contribution < -0.4 is 5.32 Å². The van der Waals surface area contributed by atoms with Crippen LogP contribution in [0.4, 0.5) is 5.95 Å². The summed E-state index contributed by atoms with van der Waals surface area (Å²) < 4.78 is 2.36. The molecule has 0 aliphatic rings. The Bertz CT molecular complexity index is 586. The summed E-state index contributed by atoms with van der Waals surface area (Å²) in [6, 6.07) is 8.47. The molecule has 0 spiro atoms. The van der Waals surface area contributed by atoms with Crippen molar-refractivity contribution in [2.75, 3.05) is 31.5 Å². The number of rotatable bonds is 12. The predicted molar refractivity (Wildman–Crippen MR) is 105 cm³/mol. The van der Waals surface area contributed by atoms with Crippen LogP contribution in [0.1, 0.15) is 52.9 Å². The summed E-state index contributed by atoms with van der Waals surface area (Å²) in [6.45, 7) is 12.2. The SMILES string of the molecule is CCCCCCn1c(NCCCN(CC)CC)nc2ccccc21. The van der Waals surface area contributed by atoms with Gasteiger partial charge in [0.2, 0.25) is 5.95 Å². The second-order valence-corrected chi connectivity index (χ2v) is 6.44. The Morgan fingerprint density at radius 3 is 2.54 bits per heavy atom. The number of nitrogens with one attached hydrogen (secondary N) is 1. The highest BCUT2D eigenvalue weighted by atomic mass is 15.2. The molecule has 2 aromatic rings. The molecule has 0 saturated carbocycles. The summed E-state index contributed by atoms with van der Waals surface area (Å²) in [5.74, 6) is 1.03. The molecule has 0 amide bonds. The van der Waals surface area contributed by atoms with Crippen molar-refractivity contribution < 1.29 is 0 Å². The van der Waals surface area contributed by atoms with Gasteiger partial charge >= 0.3 is 0 Å². The summed E-state index contributed by atoms with van der Waals surface area (Å²) >= 11 is 0. The lowest BCUT2D eigenvalue weighted by molar-refractivity contribution is 0.303. The molecule has 4 heteroatoms. The molecule has 1 aromatic heterocycles.